The van der Waals surface area contributed by atoms with Crippen LogP contribution in [0, 0.1) is 26.7 Å². The molecule has 2 fully saturated rings. The van der Waals surface area contributed by atoms with Crippen molar-refractivity contribution in [3.05, 3.63) is 34.4 Å². The first-order valence-corrected chi connectivity index (χ1v) is 8.46. The van der Waals surface area contributed by atoms with Gasteiger partial charge in [0.1, 0.15) is 0 Å². The van der Waals surface area contributed by atoms with Crippen LogP contribution in [0.5, 0.6) is 0 Å². The van der Waals surface area contributed by atoms with Crippen LogP contribution in [0.1, 0.15) is 66.7 Å². The van der Waals surface area contributed by atoms with E-state index in [1.165, 1.54) is 61.8 Å². The SMILES string of the molecule is Cc1cc(C)c(C2CCCCC2CNC2CC2)cc1C. The number of hydrogen-bond donors (Lipinski definition) is 1. The summed E-state index contributed by atoms with van der Waals surface area (Å²) in [5.74, 6) is 1.64. The highest BCUT2D eigenvalue weighted by Gasteiger charge is 2.29. The van der Waals surface area contributed by atoms with Crippen molar-refractivity contribution in [2.24, 2.45) is 5.92 Å². The van der Waals surface area contributed by atoms with Crippen LogP contribution in [0.15, 0.2) is 12.1 Å². The van der Waals surface area contributed by atoms with Crippen LogP contribution in [0.4, 0.5) is 0 Å². The Morgan fingerprint density at radius 3 is 2.35 bits per heavy atom. The fraction of sp³-hybridized carbons (Fsp3) is 0.684. The average Bonchev–Trinajstić information content (AvgIpc) is 3.25. The van der Waals surface area contributed by atoms with E-state index in [4.69, 9.17) is 0 Å². The maximum atomic E-state index is 3.77. The van der Waals surface area contributed by atoms with E-state index in [1.54, 1.807) is 5.56 Å². The lowest BCUT2D eigenvalue weighted by Gasteiger charge is -2.33. The summed E-state index contributed by atoms with van der Waals surface area (Å²) in [6.45, 7) is 8.04. The third-order valence-electron chi connectivity index (χ3n) is 5.44. The fourth-order valence-electron chi connectivity index (χ4n) is 3.85. The third-order valence-corrected chi connectivity index (χ3v) is 5.44. The molecule has 0 aliphatic heterocycles. The second-order valence-corrected chi connectivity index (χ2v) is 7.13. The number of aryl methyl sites for hydroxylation is 3. The van der Waals surface area contributed by atoms with Crippen molar-refractivity contribution in [2.45, 2.75) is 71.3 Å². The zero-order valence-corrected chi connectivity index (χ0v) is 13.3. The molecule has 0 aromatic heterocycles. The van der Waals surface area contributed by atoms with Gasteiger partial charge in [-0.15, -0.1) is 0 Å². The molecule has 0 saturated heterocycles. The minimum Gasteiger partial charge on any atom is -0.314 e. The fourth-order valence-corrected chi connectivity index (χ4v) is 3.85. The first kappa shape index (κ1) is 14.1. The van der Waals surface area contributed by atoms with Crippen molar-refractivity contribution in [1.29, 1.82) is 0 Å². The summed E-state index contributed by atoms with van der Waals surface area (Å²) in [7, 11) is 0. The molecule has 3 rings (SSSR count). The lowest BCUT2D eigenvalue weighted by atomic mass is 9.73. The lowest BCUT2D eigenvalue weighted by Crippen LogP contribution is -2.31. The van der Waals surface area contributed by atoms with Gasteiger partial charge in [-0.2, -0.15) is 0 Å². The molecule has 2 saturated carbocycles. The van der Waals surface area contributed by atoms with Gasteiger partial charge in [0.15, 0.2) is 0 Å². The minimum absolute atomic E-state index is 0.786. The van der Waals surface area contributed by atoms with E-state index < -0.39 is 0 Å². The third kappa shape index (κ3) is 3.09. The standard InChI is InChI=1S/C19H29N/c1-13-10-15(3)19(11-14(13)2)18-7-5-4-6-16(18)12-20-17-8-9-17/h10-11,16-18,20H,4-9,12H2,1-3H3. The van der Waals surface area contributed by atoms with E-state index in [1.807, 2.05) is 0 Å². The Morgan fingerprint density at radius 1 is 0.900 bits per heavy atom. The molecular weight excluding hydrogens is 242 g/mol. The van der Waals surface area contributed by atoms with Gasteiger partial charge in [-0.3, -0.25) is 0 Å². The topological polar surface area (TPSA) is 12.0 Å². The summed E-state index contributed by atoms with van der Waals surface area (Å²) in [6.07, 6.45) is 8.45. The van der Waals surface area contributed by atoms with Gasteiger partial charge in [-0.25, -0.2) is 0 Å². The normalized spacial score (nSPS) is 26.8. The smallest absolute Gasteiger partial charge is 0.00683 e. The Balaban J connectivity index is 1.79. The number of hydrogen-bond acceptors (Lipinski definition) is 1. The average molecular weight is 271 g/mol. The highest BCUT2D eigenvalue weighted by Crippen LogP contribution is 2.39. The highest BCUT2D eigenvalue weighted by atomic mass is 14.9. The van der Waals surface area contributed by atoms with E-state index in [-0.39, 0.29) is 0 Å². The van der Waals surface area contributed by atoms with Crippen LogP contribution in [0.25, 0.3) is 0 Å². The number of nitrogens with one attached hydrogen (secondary N) is 1. The first-order chi connectivity index (χ1) is 9.65. The number of rotatable bonds is 4. The van der Waals surface area contributed by atoms with Crippen molar-refractivity contribution in [1.82, 2.24) is 5.32 Å². The summed E-state index contributed by atoms with van der Waals surface area (Å²) in [4.78, 5) is 0. The molecule has 0 spiro atoms. The van der Waals surface area contributed by atoms with Crippen LogP contribution >= 0.6 is 0 Å². The van der Waals surface area contributed by atoms with Crippen LogP contribution in [0.3, 0.4) is 0 Å². The molecule has 110 valence electrons. The molecule has 0 heterocycles. The molecule has 1 aromatic rings. The molecule has 20 heavy (non-hydrogen) atoms. The Bertz CT molecular complexity index is 473. The minimum atomic E-state index is 0.786. The summed E-state index contributed by atoms with van der Waals surface area (Å²) < 4.78 is 0. The van der Waals surface area contributed by atoms with Crippen LogP contribution in [-0.4, -0.2) is 12.6 Å². The highest BCUT2D eigenvalue weighted by molar-refractivity contribution is 5.39. The van der Waals surface area contributed by atoms with Crippen molar-refractivity contribution in [3.63, 3.8) is 0 Å². The molecule has 1 heteroatoms. The zero-order chi connectivity index (χ0) is 14.1. The molecule has 0 amide bonds. The van der Waals surface area contributed by atoms with E-state index in [0.29, 0.717) is 0 Å². The van der Waals surface area contributed by atoms with Crippen molar-refractivity contribution < 1.29 is 0 Å². The molecule has 1 N–H and O–H groups in total. The molecule has 1 nitrogen and oxygen atoms in total. The second-order valence-electron chi connectivity index (χ2n) is 7.13. The summed E-state index contributed by atoms with van der Waals surface area (Å²) in [5, 5.41) is 3.77. The summed E-state index contributed by atoms with van der Waals surface area (Å²) >= 11 is 0. The Hall–Kier alpha value is -0.820. The largest absolute Gasteiger partial charge is 0.314 e. The van der Waals surface area contributed by atoms with Gasteiger partial charge in [0, 0.05) is 6.04 Å². The summed E-state index contributed by atoms with van der Waals surface area (Å²) in [6, 6.07) is 5.72. The van der Waals surface area contributed by atoms with E-state index in [0.717, 1.165) is 17.9 Å². The van der Waals surface area contributed by atoms with Crippen molar-refractivity contribution in [2.75, 3.05) is 6.54 Å². The molecule has 1 aromatic carbocycles. The maximum Gasteiger partial charge on any atom is 0.00683 e. The predicted molar refractivity (Wildman–Crippen MR) is 86.4 cm³/mol. The second kappa shape index (κ2) is 5.89. The predicted octanol–water partition coefficient (Wildman–Crippen LogP) is 4.64. The maximum absolute atomic E-state index is 3.77. The van der Waals surface area contributed by atoms with Gasteiger partial charge in [-0.1, -0.05) is 25.0 Å². The van der Waals surface area contributed by atoms with Gasteiger partial charge >= 0.3 is 0 Å². The lowest BCUT2D eigenvalue weighted by molar-refractivity contribution is 0.294. The van der Waals surface area contributed by atoms with E-state index >= 15 is 0 Å². The van der Waals surface area contributed by atoms with Gasteiger partial charge in [-0.05, 0) is 87.1 Å². The molecular formula is C19H29N. The van der Waals surface area contributed by atoms with E-state index in [9.17, 15) is 0 Å². The quantitative estimate of drug-likeness (QED) is 0.841. The van der Waals surface area contributed by atoms with Gasteiger partial charge in [0.05, 0.1) is 0 Å². The van der Waals surface area contributed by atoms with Crippen molar-refractivity contribution >= 4 is 0 Å². The first-order valence-electron chi connectivity index (χ1n) is 8.46. The number of benzene rings is 1. The molecule has 0 radical (unpaired) electrons. The van der Waals surface area contributed by atoms with Gasteiger partial charge in [0.2, 0.25) is 0 Å². The Kier molecular flexibility index (Phi) is 4.16. The molecule has 2 unspecified atom stereocenters. The molecule has 2 aliphatic carbocycles. The monoisotopic (exact) mass is 271 g/mol. The molecule has 0 bridgehead atoms. The van der Waals surface area contributed by atoms with Gasteiger partial charge in [0.25, 0.3) is 0 Å². The zero-order valence-electron chi connectivity index (χ0n) is 13.3. The van der Waals surface area contributed by atoms with Crippen LogP contribution in [0.2, 0.25) is 0 Å². The molecule has 2 atom stereocenters. The van der Waals surface area contributed by atoms with Crippen LogP contribution in [-0.2, 0) is 0 Å². The Labute approximate surface area is 124 Å². The summed E-state index contributed by atoms with van der Waals surface area (Å²) in [5.41, 5.74) is 6.05. The van der Waals surface area contributed by atoms with E-state index in [2.05, 4.69) is 38.2 Å². The molecule has 2 aliphatic rings. The Morgan fingerprint density at radius 2 is 1.60 bits per heavy atom. The van der Waals surface area contributed by atoms with Crippen LogP contribution < -0.4 is 5.32 Å². The van der Waals surface area contributed by atoms with Crippen molar-refractivity contribution in [3.8, 4) is 0 Å². The van der Waals surface area contributed by atoms with Gasteiger partial charge < -0.3 is 5.32 Å².